The predicted octanol–water partition coefficient (Wildman–Crippen LogP) is 1.78. The van der Waals surface area contributed by atoms with Crippen molar-refractivity contribution in [3.05, 3.63) is 35.6 Å². The maximum Gasteiger partial charge on any atom is 0.327 e. The second-order valence-electron chi connectivity index (χ2n) is 4.65. The Morgan fingerprint density at radius 3 is 2.67 bits per heavy atom. The molecule has 0 radical (unpaired) electrons. The molecule has 0 saturated carbocycles. The Hall–Kier alpha value is -1.50. The molecule has 0 amide bonds. The predicted molar refractivity (Wildman–Crippen MR) is 74.1 cm³/mol. The minimum absolute atomic E-state index is 0.228. The number of hydrogen-bond acceptors (Lipinski definition) is 5. The molecule has 5 nitrogen and oxygen atoms in total. The number of rotatable bonds is 7. The molecule has 0 aliphatic carbocycles. The number of carbonyl (C=O) groups excluding carboxylic acids is 1. The molecule has 1 aromatic carbocycles. The van der Waals surface area contributed by atoms with E-state index in [1.807, 2.05) is 0 Å². The molecule has 1 unspecified atom stereocenters. The van der Waals surface area contributed by atoms with Gasteiger partial charge in [-0.3, -0.25) is 0 Å². The summed E-state index contributed by atoms with van der Waals surface area (Å²) in [5.74, 6) is -0.716. The van der Waals surface area contributed by atoms with Crippen molar-refractivity contribution < 1.29 is 23.4 Å². The zero-order valence-corrected chi connectivity index (χ0v) is 12.0. The van der Waals surface area contributed by atoms with Crippen LogP contribution < -0.4 is 5.32 Å². The Morgan fingerprint density at radius 2 is 2.05 bits per heavy atom. The van der Waals surface area contributed by atoms with Crippen LogP contribution in [0.3, 0.4) is 0 Å². The molecule has 1 saturated heterocycles. The highest BCUT2D eigenvalue weighted by Gasteiger charge is 2.23. The van der Waals surface area contributed by atoms with Crippen LogP contribution in [-0.2, 0) is 19.0 Å². The van der Waals surface area contributed by atoms with Gasteiger partial charge in [0.05, 0.1) is 19.8 Å². The number of halogens is 1. The Labute approximate surface area is 123 Å². The van der Waals surface area contributed by atoms with Gasteiger partial charge < -0.3 is 19.5 Å². The fraction of sp³-hybridized carbons (Fsp3) is 0.533. The second-order valence-corrected chi connectivity index (χ2v) is 4.65. The molecule has 0 spiro atoms. The number of esters is 1. The summed E-state index contributed by atoms with van der Waals surface area (Å²) in [6.45, 7) is 3.78. The number of ether oxygens (including phenoxy) is 3. The molecule has 0 bridgehead atoms. The lowest BCUT2D eigenvalue weighted by Gasteiger charge is -2.18. The van der Waals surface area contributed by atoms with Crippen molar-refractivity contribution in [2.45, 2.75) is 25.7 Å². The zero-order valence-electron chi connectivity index (χ0n) is 12.0. The van der Waals surface area contributed by atoms with Crippen molar-refractivity contribution in [1.82, 2.24) is 5.32 Å². The Kier molecular flexibility index (Phi) is 6.10. The summed E-state index contributed by atoms with van der Waals surface area (Å²) < 4.78 is 28.7. The van der Waals surface area contributed by atoms with Gasteiger partial charge in [-0.2, -0.15) is 0 Å². The molecule has 21 heavy (non-hydrogen) atoms. The highest BCUT2D eigenvalue weighted by atomic mass is 19.1. The Bertz CT molecular complexity index is 445. The van der Waals surface area contributed by atoms with Crippen molar-refractivity contribution in [2.75, 3.05) is 26.4 Å². The normalized spacial score (nSPS) is 16.9. The SMILES string of the molecule is CCOC(=O)C(NCCC1OCCO1)c1ccc(F)cc1. The quantitative estimate of drug-likeness (QED) is 0.778. The highest BCUT2D eigenvalue weighted by molar-refractivity contribution is 5.77. The van der Waals surface area contributed by atoms with E-state index < -0.39 is 6.04 Å². The van der Waals surface area contributed by atoms with Crippen LogP contribution in [0.15, 0.2) is 24.3 Å². The van der Waals surface area contributed by atoms with Crippen molar-refractivity contribution in [1.29, 1.82) is 0 Å². The molecule has 116 valence electrons. The van der Waals surface area contributed by atoms with Crippen LogP contribution in [0, 0.1) is 5.82 Å². The molecule has 1 aromatic rings. The first-order chi connectivity index (χ1) is 10.2. The minimum atomic E-state index is -0.619. The molecule has 1 aliphatic heterocycles. The zero-order chi connectivity index (χ0) is 15.1. The van der Waals surface area contributed by atoms with Crippen molar-refractivity contribution in [3.8, 4) is 0 Å². The first-order valence-electron chi connectivity index (χ1n) is 7.09. The molecule has 0 aromatic heterocycles. The summed E-state index contributed by atoms with van der Waals surface area (Å²) in [5, 5.41) is 3.11. The molecule has 1 aliphatic rings. The summed E-state index contributed by atoms with van der Waals surface area (Å²) >= 11 is 0. The summed E-state index contributed by atoms with van der Waals surface area (Å²) in [6.07, 6.45) is 0.408. The summed E-state index contributed by atoms with van der Waals surface area (Å²) in [5.41, 5.74) is 0.670. The van der Waals surface area contributed by atoms with E-state index >= 15 is 0 Å². The second kappa shape index (κ2) is 8.07. The molecule has 1 fully saturated rings. The third kappa shape index (κ3) is 4.77. The number of nitrogens with one attached hydrogen (secondary N) is 1. The van der Waals surface area contributed by atoms with Crippen LogP contribution in [0.1, 0.15) is 24.9 Å². The Morgan fingerprint density at radius 1 is 1.38 bits per heavy atom. The van der Waals surface area contributed by atoms with Gasteiger partial charge in [0.25, 0.3) is 0 Å². The lowest BCUT2D eigenvalue weighted by Crippen LogP contribution is -2.32. The van der Waals surface area contributed by atoms with Gasteiger partial charge in [-0.1, -0.05) is 12.1 Å². The van der Waals surface area contributed by atoms with E-state index in [9.17, 15) is 9.18 Å². The van der Waals surface area contributed by atoms with E-state index in [0.717, 1.165) is 0 Å². The summed E-state index contributed by atoms with van der Waals surface area (Å²) in [7, 11) is 0. The van der Waals surface area contributed by atoms with Gasteiger partial charge in [-0.25, -0.2) is 9.18 Å². The minimum Gasteiger partial charge on any atom is -0.465 e. The smallest absolute Gasteiger partial charge is 0.327 e. The van der Waals surface area contributed by atoms with Crippen molar-refractivity contribution in [3.63, 3.8) is 0 Å². The van der Waals surface area contributed by atoms with E-state index in [-0.39, 0.29) is 18.1 Å². The maximum atomic E-state index is 13.0. The third-order valence-electron chi connectivity index (χ3n) is 3.14. The van der Waals surface area contributed by atoms with E-state index in [1.54, 1.807) is 19.1 Å². The lowest BCUT2D eigenvalue weighted by molar-refractivity contribution is -0.146. The van der Waals surface area contributed by atoms with Crippen LogP contribution >= 0.6 is 0 Å². The molecular weight excluding hydrogens is 277 g/mol. The number of benzene rings is 1. The first kappa shape index (κ1) is 15.9. The van der Waals surface area contributed by atoms with Crippen LogP contribution in [-0.4, -0.2) is 38.6 Å². The van der Waals surface area contributed by atoms with Gasteiger partial charge in [-0.05, 0) is 24.6 Å². The van der Waals surface area contributed by atoms with Gasteiger partial charge in [0.1, 0.15) is 11.9 Å². The molecule has 1 atom stereocenters. The molecule has 1 N–H and O–H groups in total. The molecule has 6 heteroatoms. The van der Waals surface area contributed by atoms with E-state index in [0.29, 0.717) is 38.3 Å². The van der Waals surface area contributed by atoms with E-state index in [4.69, 9.17) is 14.2 Å². The summed E-state index contributed by atoms with van der Waals surface area (Å²) in [4.78, 5) is 12.0. The van der Waals surface area contributed by atoms with Gasteiger partial charge in [0, 0.05) is 13.0 Å². The molecular formula is C15H20FNO4. The van der Waals surface area contributed by atoms with E-state index in [1.165, 1.54) is 12.1 Å². The topological polar surface area (TPSA) is 56.8 Å². The van der Waals surface area contributed by atoms with Gasteiger partial charge in [-0.15, -0.1) is 0 Å². The highest BCUT2D eigenvalue weighted by Crippen LogP contribution is 2.16. The van der Waals surface area contributed by atoms with Crippen LogP contribution in [0.5, 0.6) is 0 Å². The largest absolute Gasteiger partial charge is 0.465 e. The average molecular weight is 297 g/mol. The lowest BCUT2D eigenvalue weighted by atomic mass is 10.1. The van der Waals surface area contributed by atoms with Gasteiger partial charge in [0.2, 0.25) is 0 Å². The monoisotopic (exact) mass is 297 g/mol. The standard InChI is InChI=1S/C15H20FNO4/c1-2-19-15(18)14(11-3-5-12(16)6-4-11)17-8-7-13-20-9-10-21-13/h3-6,13-14,17H,2,7-10H2,1H3. The average Bonchev–Trinajstić information content (AvgIpc) is 2.98. The van der Waals surface area contributed by atoms with Crippen LogP contribution in [0.25, 0.3) is 0 Å². The van der Waals surface area contributed by atoms with Crippen molar-refractivity contribution in [2.24, 2.45) is 0 Å². The summed E-state index contributed by atoms with van der Waals surface area (Å²) in [6, 6.07) is 5.18. The molecule has 1 heterocycles. The maximum absolute atomic E-state index is 13.0. The number of carbonyl (C=O) groups is 1. The van der Waals surface area contributed by atoms with Crippen LogP contribution in [0.4, 0.5) is 4.39 Å². The van der Waals surface area contributed by atoms with E-state index in [2.05, 4.69) is 5.32 Å². The molecule has 2 rings (SSSR count). The number of hydrogen-bond donors (Lipinski definition) is 1. The fourth-order valence-corrected chi connectivity index (χ4v) is 2.14. The van der Waals surface area contributed by atoms with Crippen LogP contribution in [0.2, 0.25) is 0 Å². The Balaban J connectivity index is 1.94. The van der Waals surface area contributed by atoms with Gasteiger partial charge in [0.15, 0.2) is 6.29 Å². The third-order valence-corrected chi connectivity index (χ3v) is 3.14. The van der Waals surface area contributed by atoms with Gasteiger partial charge >= 0.3 is 5.97 Å². The van der Waals surface area contributed by atoms with Crippen molar-refractivity contribution >= 4 is 5.97 Å². The fourth-order valence-electron chi connectivity index (χ4n) is 2.14. The first-order valence-corrected chi connectivity index (χ1v) is 7.09.